The summed E-state index contributed by atoms with van der Waals surface area (Å²) in [5.74, 6) is 0.337. The highest BCUT2D eigenvalue weighted by atomic mass is 79.9. The first-order valence-corrected chi connectivity index (χ1v) is 15.8. The third kappa shape index (κ3) is 5.38. The van der Waals surface area contributed by atoms with Crippen LogP contribution >= 0.6 is 15.9 Å². The van der Waals surface area contributed by atoms with Gasteiger partial charge < -0.3 is 19.9 Å². The van der Waals surface area contributed by atoms with Crippen LogP contribution in [-0.2, 0) is 19.1 Å². The molecular formula is C32H46BrNO5. The Kier molecular flexibility index (Phi) is 8.38. The van der Waals surface area contributed by atoms with E-state index in [4.69, 9.17) is 9.47 Å². The lowest BCUT2D eigenvalue weighted by molar-refractivity contribution is -0.139. The van der Waals surface area contributed by atoms with E-state index in [1.807, 2.05) is 13.0 Å². The van der Waals surface area contributed by atoms with E-state index in [1.54, 1.807) is 6.92 Å². The lowest BCUT2D eigenvalue weighted by Gasteiger charge is -2.45. The number of carbonyl (C=O) groups is 2. The fraction of sp³-hybridized carbons (Fsp3) is 0.750. The van der Waals surface area contributed by atoms with Gasteiger partial charge in [-0.2, -0.15) is 0 Å². The molecule has 4 bridgehead atoms. The molecular weight excluding hydrogens is 558 g/mol. The van der Waals surface area contributed by atoms with Crippen molar-refractivity contribution in [1.82, 2.24) is 5.32 Å². The molecule has 0 aromatic rings. The molecule has 0 aromatic carbocycles. The number of ether oxygens (including phenoxy) is 2. The summed E-state index contributed by atoms with van der Waals surface area (Å²) in [6.45, 7) is 11.3. The summed E-state index contributed by atoms with van der Waals surface area (Å²) in [6, 6.07) is 0.121. The summed E-state index contributed by atoms with van der Waals surface area (Å²) in [5, 5.41) is 15.1. The number of halogens is 1. The highest BCUT2D eigenvalue weighted by Crippen LogP contribution is 2.52. The van der Waals surface area contributed by atoms with Crippen molar-refractivity contribution in [2.75, 3.05) is 6.54 Å². The topological polar surface area (TPSA) is 84.9 Å². The summed E-state index contributed by atoms with van der Waals surface area (Å²) in [7, 11) is 0. The van der Waals surface area contributed by atoms with Gasteiger partial charge in [-0.25, -0.2) is 4.79 Å². The Bertz CT molecular complexity index is 1090. The maximum atomic E-state index is 14.4. The smallest absolute Gasteiger partial charge is 0.334 e. The molecule has 0 unspecified atom stereocenters. The molecule has 2 N–H and O–H groups in total. The Balaban J connectivity index is 1.58. The van der Waals surface area contributed by atoms with E-state index in [2.05, 4.69) is 48.1 Å². The molecule has 0 aromatic heterocycles. The average Bonchev–Trinajstić information content (AvgIpc) is 3.45. The van der Waals surface area contributed by atoms with E-state index < -0.39 is 11.5 Å². The van der Waals surface area contributed by atoms with Gasteiger partial charge in [0.1, 0.15) is 11.9 Å². The van der Waals surface area contributed by atoms with E-state index >= 15 is 0 Å². The molecule has 0 saturated carbocycles. The maximum Gasteiger partial charge on any atom is 0.334 e. The van der Waals surface area contributed by atoms with Crippen LogP contribution < -0.4 is 5.32 Å². The third-order valence-corrected chi connectivity index (χ3v) is 11.6. The highest BCUT2D eigenvalue weighted by Gasteiger charge is 2.51. The standard InChI is InChI=1S/C32H46BrNO5/c1-18-16-24-21(4)23(26-17-20(3)30(37)39-26)11-13-32(24)12-6-14-34-27(9-10-28(32)36)31(5,33)29-19(2)15-22(38-29)7-8-25(18)35/h16-17,19,22,24-27,29,34-35H,6-15H2,1-5H3/b18-16+/t19-,22-,24+,25+,26+,27+,29-,31+,32+/m1/s1. The number of Topliss-reactive ketones (excluding diaryl/α,β-unsaturated/α-hetero) is 1. The van der Waals surface area contributed by atoms with Crippen molar-refractivity contribution in [3.8, 4) is 0 Å². The van der Waals surface area contributed by atoms with Crippen LogP contribution in [0.2, 0.25) is 0 Å². The molecule has 1 aliphatic carbocycles. The minimum absolute atomic E-state index is 0.0459. The van der Waals surface area contributed by atoms with E-state index in [-0.39, 0.29) is 40.6 Å². The summed E-state index contributed by atoms with van der Waals surface area (Å²) in [5.41, 5.74) is 3.28. The Labute approximate surface area is 242 Å². The molecule has 2 saturated heterocycles. The number of hydrogen-bond donors (Lipinski definition) is 2. The maximum absolute atomic E-state index is 14.4. The Hall–Kier alpha value is -1.28. The van der Waals surface area contributed by atoms with Gasteiger partial charge in [0, 0.05) is 29.4 Å². The minimum Gasteiger partial charge on any atom is -0.450 e. The molecule has 0 radical (unpaired) electrons. The molecule has 4 heterocycles. The van der Waals surface area contributed by atoms with Gasteiger partial charge in [-0.1, -0.05) is 34.5 Å². The summed E-state index contributed by atoms with van der Waals surface area (Å²) in [6.07, 6.45) is 10.2. The van der Waals surface area contributed by atoms with Crippen molar-refractivity contribution >= 4 is 27.7 Å². The van der Waals surface area contributed by atoms with E-state index in [1.165, 1.54) is 0 Å². The Morgan fingerprint density at radius 1 is 1.08 bits per heavy atom. The van der Waals surface area contributed by atoms with Crippen LogP contribution in [0, 0.1) is 17.3 Å². The molecule has 7 heteroatoms. The first-order chi connectivity index (χ1) is 18.4. The fourth-order valence-electron chi connectivity index (χ4n) is 8.16. The number of esters is 1. The van der Waals surface area contributed by atoms with Crippen LogP contribution in [0.1, 0.15) is 92.4 Å². The van der Waals surface area contributed by atoms with Crippen molar-refractivity contribution < 1.29 is 24.2 Å². The molecule has 216 valence electrons. The van der Waals surface area contributed by atoms with Gasteiger partial charge in [-0.05, 0) is 109 Å². The fourth-order valence-corrected chi connectivity index (χ4v) is 9.11. The quantitative estimate of drug-likeness (QED) is 0.226. The third-order valence-electron chi connectivity index (χ3n) is 10.6. The number of cyclic esters (lactones) is 1. The molecule has 9 atom stereocenters. The lowest BCUT2D eigenvalue weighted by Crippen LogP contribution is -2.53. The molecule has 0 amide bonds. The van der Waals surface area contributed by atoms with Crippen molar-refractivity contribution in [2.45, 2.75) is 127 Å². The van der Waals surface area contributed by atoms with Gasteiger partial charge in [0.15, 0.2) is 0 Å². The zero-order valence-corrected chi connectivity index (χ0v) is 25.8. The van der Waals surface area contributed by atoms with Crippen LogP contribution in [0.5, 0.6) is 0 Å². The van der Waals surface area contributed by atoms with Gasteiger partial charge >= 0.3 is 5.97 Å². The summed E-state index contributed by atoms with van der Waals surface area (Å²) in [4.78, 5) is 26.6. The van der Waals surface area contributed by atoms with E-state index in [9.17, 15) is 14.7 Å². The predicted octanol–water partition coefficient (Wildman–Crippen LogP) is 5.72. The normalized spacial score (nSPS) is 45.4. The van der Waals surface area contributed by atoms with Gasteiger partial charge in [-0.3, -0.25) is 4.79 Å². The lowest BCUT2D eigenvalue weighted by atomic mass is 9.58. The number of allylic oxidation sites excluding steroid dienone is 2. The molecule has 5 aliphatic rings. The zero-order valence-electron chi connectivity index (χ0n) is 24.2. The highest BCUT2D eigenvalue weighted by molar-refractivity contribution is 9.10. The molecule has 6 nitrogen and oxygen atoms in total. The second-order valence-electron chi connectivity index (χ2n) is 13.1. The average molecular weight is 605 g/mol. The van der Waals surface area contributed by atoms with E-state index in [0.29, 0.717) is 30.1 Å². The second-order valence-corrected chi connectivity index (χ2v) is 14.8. The minimum atomic E-state index is -0.580. The van der Waals surface area contributed by atoms with Crippen LogP contribution in [0.4, 0.5) is 0 Å². The van der Waals surface area contributed by atoms with Crippen molar-refractivity contribution in [1.29, 1.82) is 0 Å². The van der Waals surface area contributed by atoms with Crippen molar-refractivity contribution in [3.63, 3.8) is 0 Å². The van der Waals surface area contributed by atoms with Gasteiger partial charge in [0.25, 0.3) is 0 Å². The molecule has 1 spiro atoms. The first kappa shape index (κ1) is 29.2. The SMILES string of the molecule is CC1=C[C@@H](C2=C(C)[C@@H]3/C=C(\C)[C@@H](O)CC[C@@H]4C[C@@H](C)[C@@H](O4)[C@@](C)(Br)[C@@H]4CCC(=O)[C@@]3(CCCN4)CC2)OC1=O. The first-order valence-electron chi connectivity index (χ1n) is 15.0. The van der Waals surface area contributed by atoms with Crippen LogP contribution in [0.25, 0.3) is 0 Å². The zero-order chi connectivity index (χ0) is 28.1. The molecule has 4 aliphatic heterocycles. The summed E-state index contributed by atoms with van der Waals surface area (Å²) < 4.78 is 12.1. The Morgan fingerprint density at radius 3 is 2.56 bits per heavy atom. The van der Waals surface area contributed by atoms with Crippen LogP contribution in [0.3, 0.4) is 0 Å². The van der Waals surface area contributed by atoms with Crippen LogP contribution in [0.15, 0.2) is 34.4 Å². The number of fused-ring (bicyclic) bond motifs is 5. The van der Waals surface area contributed by atoms with Gasteiger partial charge in [0.05, 0.1) is 22.6 Å². The second kappa shape index (κ2) is 11.2. The Morgan fingerprint density at radius 2 is 1.85 bits per heavy atom. The number of ketones is 1. The van der Waals surface area contributed by atoms with Crippen molar-refractivity contribution in [2.24, 2.45) is 17.3 Å². The number of rotatable bonds is 1. The number of aliphatic hydroxyl groups excluding tert-OH is 1. The molecule has 39 heavy (non-hydrogen) atoms. The van der Waals surface area contributed by atoms with Gasteiger partial charge in [0.2, 0.25) is 0 Å². The number of aliphatic hydroxyl groups is 1. The number of hydrogen-bond acceptors (Lipinski definition) is 6. The van der Waals surface area contributed by atoms with Crippen molar-refractivity contribution in [3.05, 3.63) is 34.4 Å². The monoisotopic (exact) mass is 603 g/mol. The number of alkyl halides is 1. The largest absolute Gasteiger partial charge is 0.450 e. The van der Waals surface area contributed by atoms with Gasteiger partial charge in [-0.15, -0.1) is 0 Å². The summed E-state index contributed by atoms with van der Waals surface area (Å²) >= 11 is 4.10. The number of nitrogens with one attached hydrogen (secondary N) is 1. The molecule has 5 rings (SSSR count). The van der Waals surface area contributed by atoms with Crippen LogP contribution in [-0.4, -0.2) is 58.2 Å². The van der Waals surface area contributed by atoms with E-state index in [0.717, 1.165) is 68.2 Å². The molecule has 2 fully saturated rings. The number of carbonyl (C=O) groups excluding carboxylic acids is 2. The predicted molar refractivity (Wildman–Crippen MR) is 156 cm³/mol.